The maximum Gasteiger partial charge on any atom is 0.416 e. The summed E-state index contributed by atoms with van der Waals surface area (Å²) in [4.78, 5) is 28.2. The van der Waals surface area contributed by atoms with Gasteiger partial charge in [-0.1, -0.05) is 24.3 Å². The van der Waals surface area contributed by atoms with Gasteiger partial charge in [-0.15, -0.1) is 0 Å². The minimum atomic E-state index is -0.325. The van der Waals surface area contributed by atoms with Gasteiger partial charge in [-0.3, -0.25) is 9.80 Å². The van der Waals surface area contributed by atoms with Gasteiger partial charge in [0.15, 0.2) is 0 Å². The molecule has 1 aromatic heterocycles. The number of rotatable bonds is 7. The molecule has 1 saturated carbocycles. The number of cyclic esters (lactones) is 1. The zero-order valence-corrected chi connectivity index (χ0v) is 19.8. The second kappa shape index (κ2) is 8.91. The predicted octanol–water partition coefficient (Wildman–Crippen LogP) is 3.52. The van der Waals surface area contributed by atoms with Gasteiger partial charge >= 0.3 is 6.09 Å². The van der Waals surface area contributed by atoms with Crippen LogP contribution in [0.3, 0.4) is 0 Å². The zero-order chi connectivity index (χ0) is 23.0. The standard InChI is InChI=1S/C25H34N6O2/c1-18(20-6-4-19(5-7-20)16-30-14-12-29(3)13-15-30)27-23-26-11-10-22(28-23)31-24(32)33-17-25(31,2)21-8-9-21/h4-7,10-11,18,21H,8-9,12-17H2,1-3H3,(H,26,27,28)/t18-,25-/m0/s1. The van der Waals surface area contributed by atoms with E-state index in [1.54, 1.807) is 17.2 Å². The lowest BCUT2D eigenvalue weighted by Gasteiger charge is -2.32. The van der Waals surface area contributed by atoms with E-state index in [1.165, 1.54) is 11.1 Å². The molecule has 3 fully saturated rings. The Morgan fingerprint density at radius 3 is 2.58 bits per heavy atom. The average Bonchev–Trinajstić information content (AvgIpc) is 3.62. The lowest BCUT2D eigenvalue weighted by Crippen LogP contribution is -2.47. The fraction of sp³-hybridized carbons (Fsp3) is 0.560. The van der Waals surface area contributed by atoms with Crippen LogP contribution in [0.4, 0.5) is 16.6 Å². The largest absolute Gasteiger partial charge is 0.447 e. The van der Waals surface area contributed by atoms with Crippen LogP contribution in [0.5, 0.6) is 0 Å². The molecule has 3 heterocycles. The molecule has 8 heteroatoms. The smallest absolute Gasteiger partial charge is 0.416 e. The number of carbonyl (C=O) groups is 1. The van der Waals surface area contributed by atoms with Crippen molar-refractivity contribution in [2.75, 3.05) is 50.1 Å². The molecule has 3 aliphatic rings. The summed E-state index contributed by atoms with van der Waals surface area (Å²) >= 11 is 0. The van der Waals surface area contributed by atoms with E-state index in [-0.39, 0.29) is 17.7 Å². The Kier molecular flexibility index (Phi) is 5.97. The second-order valence-corrected chi connectivity index (χ2v) is 9.95. The molecule has 176 valence electrons. The van der Waals surface area contributed by atoms with Crippen LogP contribution in [-0.4, -0.2) is 71.2 Å². The number of nitrogens with zero attached hydrogens (tertiary/aromatic N) is 5. The quantitative estimate of drug-likeness (QED) is 0.692. The van der Waals surface area contributed by atoms with Gasteiger partial charge in [-0.2, -0.15) is 4.98 Å². The summed E-state index contributed by atoms with van der Waals surface area (Å²) < 4.78 is 5.40. The van der Waals surface area contributed by atoms with E-state index < -0.39 is 0 Å². The highest BCUT2D eigenvalue weighted by atomic mass is 16.6. The highest BCUT2D eigenvalue weighted by molar-refractivity contribution is 5.90. The summed E-state index contributed by atoms with van der Waals surface area (Å²) in [5.41, 5.74) is 2.18. The van der Waals surface area contributed by atoms with Crippen molar-refractivity contribution in [1.29, 1.82) is 0 Å². The Balaban J connectivity index is 1.24. The first-order chi connectivity index (χ1) is 15.9. The molecular weight excluding hydrogens is 416 g/mol. The van der Waals surface area contributed by atoms with Crippen LogP contribution >= 0.6 is 0 Å². The lowest BCUT2D eigenvalue weighted by atomic mass is 9.96. The van der Waals surface area contributed by atoms with Gasteiger partial charge in [0, 0.05) is 38.9 Å². The van der Waals surface area contributed by atoms with E-state index in [2.05, 4.69) is 70.2 Å². The van der Waals surface area contributed by atoms with E-state index in [0.29, 0.717) is 24.3 Å². The molecule has 5 rings (SSSR count). The van der Waals surface area contributed by atoms with Gasteiger partial charge in [0.2, 0.25) is 5.95 Å². The minimum absolute atomic E-state index is 0.0401. The van der Waals surface area contributed by atoms with Gasteiger partial charge in [-0.25, -0.2) is 9.78 Å². The second-order valence-electron chi connectivity index (χ2n) is 9.95. The molecule has 0 spiro atoms. The topological polar surface area (TPSA) is 73.8 Å². The van der Waals surface area contributed by atoms with Gasteiger partial charge in [-0.05, 0) is 56.8 Å². The molecule has 0 radical (unpaired) electrons. The van der Waals surface area contributed by atoms with Crippen LogP contribution in [-0.2, 0) is 11.3 Å². The first kappa shape index (κ1) is 22.1. The first-order valence-electron chi connectivity index (χ1n) is 12.0. The maximum atomic E-state index is 12.5. The number of piperazine rings is 1. The number of aromatic nitrogens is 2. The van der Waals surface area contributed by atoms with Crippen molar-refractivity contribution in [1.82, 2.24) is 19.8 Å². The van der Waals surface area contributed by atoms with E-state index in [4.69, 9.17) is 4.74 Å². The molecule has 2 saturated heterocycles. The Hall–Kier alpha value is -2.71. The molecule has 0 bridgehead atoms. The number of nitrogens with one attached hydrogen (secondary N) is 1. The highest BCUT2D eigenvalue weighted by Gasteiger charge is 2.54. The molecule has 8 nitrogen and oxygen atoms in total. The Morgan fingerprint density at radius 2 is 1.88 bits per heavy atom. The summed E-state index contributed by atoms with van der Waals surface area (Å²) in [6, 6.07) is 10.6. The monoisotopic (exact) mass is 450 g/mol. The van der Waals surface area contributed by atoms with Crippen molar-refractivity contribution in [3.63, 3.8) is 0 Å². The van der Waals surface area contributed by atoms with Crippen LogP contribution < -0.4 is 10.2 Å². The van der Waals surface area contributed by atoms with Crippen molar-refractivity contribution in [3.05, 3.63) is 47.7 Å². The maximum absolute atomic E-state index is 12.5. The Morgan fingerprint density at radius 1 is 1.15 bits per heavy atom. The number of anilines is 2. The minimum Gasteiger partial charge on any atom is -0.447 e. The molecule has 1 N–H and O–H groups in total. The predicted molar refractivity (Wildman–Crippen MR) is 128 cm³/mol. The van der Waals surface area contributed by atoms with Crippen molar-refractivity contribution >= 4 is 17.9 Å². The normalized spacial score (nSPS) is 25.2. The summed E-state index contributed by atoms with van der Waals surface area (Å²) in [7, 11) is 2.18. The zero-order valence-electron chi connectivity index (χ0n) is 19.8. The van der Waals surface area contributed by atoms with E-state index in [9.17, 15) is 4.79 Å². The molecule has 2 atom stereocenters. The summed E-state index contributed by atoms with van der Waals surface area (Å²) in [6.45, 7) is 10.1. The molecule has 2 aromatic rings. The molecule has 0 unspecified atom stereocenters. The average molecular weight is 451 g/mol. The highest BCUT2D eigenvalue weighted by Crippen LogP contribution is 2.47. The molecule has 1 aromatic carbocycles. The molecule has 1 aliphatic carbocycles. The van der Waals surface area contributed by atoms with Crippen LogP contribution in [0.1, 0.15) is 43.9 Å². The van der Waals surface area contributed by atoms with Gasteiger partial charge in [0.05, 0.1) is 11.6 Å². The van der Waals surface area contributed by atoms with Crippen molar-refractivity contribution in [3.8, 4) is 0 Å². The number of hydrogen-bond donors (Lipinski definition) is 1. The fourth-order valence-electron chi connectivity index (χ4n) is 4.90. The van der Waals surface area contributed by atoms with Crippen LogP contribution in [0.15, 0.2) is 36.5 Å². The number of amides is 1. The summed E-state index contributed by atoms with van der Waals surface area (Å²) in [5.74, 6) is 1.58. The van der Waals surface area contributed by atoms with Gasteiger partial charge < -0.3 is 15.0 Å². The van der Waals surface area contributed by atoms with E-state index in [0.717, 1.165) is 45.6 Å². The first-order valence-corrected chi connectivity index (χ1v) is 12.0. The molecular formula is C25H34N6O2. The molecule has 2 aliphatic heterocycles. The van der Waals surface area contributed by atoms with E-state index >= 15 is 0 Å². The molecule has 33 heavy (non-hydrogen) atoms. The third kappa shape index (κ3) is 4.68. The number of ether oxygens (including phenoxy) is 1. The summed E-state index contributed by atoms with van der Waals surface area (Å²) in [6.07, 6.45) is 3.64. The third-order valence-corrected chi connectivity index (χ3v) is 7.34. The summed E-state index contributed by atoms with van der Waals surface area (Å²) in [5, 5.41) is 3.40. The number of hydrogen-bond acceptors (Lipinski definition) is 7. The van der Waals surface area contributed by atoms with Crippen LogP contribution in [0.25, 0.3) is 0 Å². The van der Waals surface area contributed by atoms with Gasteiger partial charge in [0.25, 0.3) is 0 Å². The Bertz CT molecular complexity index is 987. The van der Waals surface area contributed by atoms with Crippen molar-refractivity contribution < 1.29 is 9.53 Å². The Labute approximate surface area is 195 Å². The number of likely N-dealkylation sites (N-methyl/N-ethyl adjacent to an activating group) is 1. The van der Waals surface area contributed by atoms with E-state index in [1.807, 2.05) is 0 Å². The SMILES string of the molecule is C[C@H](Nc1nccc(N2C(=O)OC[C@@]2(C)C2CC2)n1)c1ccc(CN2CCN(C)CC2)cc1. The van der Waals surface area contributed by atoms with Gasteiger partial charge in [0.1, 0.15) is 12.4 Å². The number of benzene rings is 1. The van der Waals surface area contributed by atoms with Crippen LogP contribution in [0.2, 0.25) is 0 Å². The van der Waals surface area contributed by atoms with Crippen molar-refractivity contribution in [2.45, 2.75) is 44.8 Å². The molecule has 1 amide bonds. The lowest BCUT2D eigenvalue weighted by molar-refractivity contribution is 0.148. The fourth-order valence-corrected chi connectivity index (χ4v) is 4.90. The van der Waals surface area contributed by atoms with Crippen LogP contribution in [0, 0.1) is 5.92 Å². The third-order valence-electron chi connectivity index (χ3n) is 7.34. The van der Waals surface area contributed by atoms with Crippen molar-refractivity contribution in [2.24, 2.45) is 5.92 Å². The number of carbonyl (C=O) groups excluding carboxylic acids is 1.